The van der Waals surface area contributed by atoms with Crippen molar-refractivity contribution < 1.29 is 14.6 Å². The van der Waals surface area contributed by atoms with E-state index in [1.54, 1.807) is 6.20 Å². The van der Waals surface area contributed by atoms with Gasteiger partial charge in [-0.3, -0.25) is 10.1 Å². The number of ether oxygens (including phenoxy) is 1. The van der Waals surface area contributed by atoms with Crippen molar-refractivity contribution in [2.24, 2.45) is 5.92 Å². The average molecular weight is 436 g/mol. The molecule has 1 aliphatic heterocycles. The SMILES string of the molecule is COC(O)N[C@H](C(=O)N1[C@@H](C)CC[C@H]1c1ncc(I)[nH]1)C(C)C. The summed E-state index contributed by atoms with van der Waals surface area (Å²) in [5, 5.41) is 12.5. The molecule has 0 aliphatic carbocycles. The highest BCUT2D eigenvalue weighted by Crippen LogP contribution is 2.35. The zero-order valence-corrected chi connectivity index (χ0v) is 16.1. The van der Waals surface area contributed by atoms with Crippen molar-refractivity contribution in [1.29, 1.82) is 0 Å². The van der Waals surface area contributed by atoms with Crippen LogP contribution in [0.4, 0.5) is 0 Å². The smallest absolute Gasteiger partial charge is 0.240 e. The van der Waals surface area contributed by atoms with E-state index in [0.717, 1.165) is 22.4 Å². The summed E-state index contributed by atoms with van der Waals surface area (Å²) in [6.45, 7) is 5.95. The van der Waals surface area contributed by atoms with Gasteiger partial charge in [-0.05, 0) is 48.3 Å². The summed E-state index contributed by atoms with van der Waals surface area (Å²) >= 11 is 2.18. The zero-order valence-electron chi connectivity index (χ0n) is 13.9. The molecule has 1 aromatic rings. The summed E-state index contributed by atoms with van der Waals surface area (Å²) in [6, 6.07) is -0.427. The molecule has 1 aromatic heterocycles. The first-order chi connectivity index (χ1) is 10.8. The van der Waals surface area contributed by atoms with E-state index in [0.29, 0.717) is 0 Å². The summed E-state index contributed by atoms with van der Waals surface area (Å²) in [4.78, 5) is 22.6. The molecule has 7 nitrogen and oxygen atoms in total. The van der Waals surface area contributed by atoms with Gasteiger partial charge in [-0.15, -0.1) is 0 Å². The molecule has 1 amide bonds. The average Bonchev–Trinajstić information content (AvgIpc) is 3.09. The fourth-order valence-electron chi connectivity index (χ4n) is 3.04. The number of nitrogens with zero attached hydrogens (tertiary/aromatic N) is 2. The van der Waals surface area contributed by atoms with Crippen LogP contribution >= 0.6 is 22.6 Å². The van der Waals surface area contributed by atoms with Gasteiger partial charge in [-0.2, -0.15) is 0 Å². The van der Waals surface area contributed by atoms with Gasteiger partial charge < -0.3 is 19.7 Å². The van der Waals surface area contributed by atoms with Gasteiger partial charge in [-0.1, -0.05) is 13.8 Å². The highest BCUT2D eigenvalue weighted by atomic mass is 127. The highest BCUT2D eigenvalue weighted by Gasteiger charge is 2.40. The summed E-state index contributed by atoms with van der Waals surface area (Å²) in [7, 11) is 1.39. The molecule has 0 bridgehead atoms. The topological polar surface area (TPSA) is 90.5 Å². The molecule has 1 aliphatic rings. The van der Waals surface area contributed by atoms with E-state index in [4.69, 9.17) is 4.74 Å². The molecule has 2 heterocycles. The van der Waals surface area contributed by atoms with Crippen LogP contribution in [0.25, 0.3) is 0 Å². The summed E-state index contributed by atoms with van der Waals surface area (Å²) in [5.74, 6) is 0.817. The number of halogens is 1. The number of rotatable bonds is 6. The lowest BCUT2D eigenvalue weighted by Gasteiger charge is -2.34. The normalized spacial score (nSPS) is 24.2. The summed E-state index contributed by atoms with van der Waals surface area (Å²) in [5.41, 5.74) is 0. The number of aromatic nitrogens is 2. The molecule has 8 heteroatoms. The van der Waals surface area contributed by atoms with Crippen LogP contribution in [-0.4, -0.2) is 51.5 Å². The minimum absolute atomic E-state index is 0.0255. The van der Waals surface area contributed by atoms with Crippen molar-refractivity contribution in [1.82, 2.24) is 20.2 Å². The highest BCUT2D eigenvalue weighted by molar-refractivity contribution is 14.1. The molecular weight excluding hydrogens is 411 g/mol. The Kier molecular flexibility index (Phi) is 6.40. The van der Waals surface area contributed by atoms with E-state index in [1.165, 1.54) is 7.11 Å². The van der Waals surface area contributed by atoms with Gasteiger partial charge in [0.15, 0.2) is 0 Å². The Morgan fingerprint density at radius 1 is 1.57 bits per heavy atom. The number of carbonyl (C=O) groups excluding carboxylic acids is 1. The van der Waals surface area contributed by atoms with Crippen LogP contribution in [0.15, 0.2) is 6.20 Å². The first kappa shape index (κ1) is 18.6. The molecule has 2 rings (SSSR count). The second kappa shape index (κ2) is 7.91. The molecule has 0 spiro atoms. The molecule has 3 N–H and O–H groups in total. The Balaban J connectivity index is 2.22. The molecular formula is C15H25IN4O3. The fourth-order valence-corrected chi connectivity index (χ4v) is 3.45. The summed E-state index contributed by atoms with van der Waals surface area (Å²) < 4.78 is 5.80. The molecule has 1 fully saturated rings. The van der Waals surface area contributed by atoms with Gasteiger partial charge in [0.05, 0.1) is 22.0 Å². The standard InChI is InChI=1S/C15H25IN4O3/c1-8(2)12(19-15(22)23-4)14(21)20-9(3)5-6-10(20)13-17-7-11(16)18-13/h7-10,12,15,19,22H,5-6H2,1-4H3,(H,17,18)/t9-,10-,12-,15?/m0/s1. The molecule has 1 saturated heterocycles. The number of hydrogen-bond acceptors (Lipinski definition) is 5. The minimum atomic E-state index is -1.16. The molecule has 0 saturated carbocycles. The Bertz CT molecular complexity index is 537. The monoisotopic (exact) mass is 436 g/mol. The largest absolute Gasteiger partial charge is 0.356 e. The van der Waals surface area contributed by atoms with Crippen molar-refractivity contribution in [2.75, 3.05) is 7.11 Å². The number of likely N-dealkylation sites (tertiary alicyclic amines) is 1. The van der Waals surface area contributed by atoms with E-state index in [9.17, 15) is 9.90 Å². The first-order valence-corrected chi connectivity index (χ1v) is 8.92. The lowest BCUT2D eigenvalue weighted by atomic mass is 10.0. The van der Waals surface area contributed by atoms with Crippen LogP contribution < -0.4 is 5.32 Å². The number of hydrogen-bond donors (Lipinski definition) is 3. The van der Waals surface area contributed by atoms with E-state index < -0.39 is 12.5 Å². The number of nitrogens with one attached hydrogen (secondary N) is 2. The van der Waals surface area contributed by atoms with Gasteiger partial charge in [0, 0.05) is 13.2 Å². The van der Waals surface area contributed by atoms with Crippen molar-refractivity contribution in [2.45, 2.75) is 58.2 Å². The number of aromatic amines is 1. The number of aliphatic hydroxyl groups is 1. The van der Waals surface area contributed by atoms with Gasteiger partial charge in [0.25, 0.3) is 0 Å². The number of carbonyl (C=O) groups is 1. The van der Waals surface area contributed by atoms with Gasteiger partial charge in [0.2, 0.25) is 12.3 Å². The van der Waals surface area contributed by atoms with Crippen LogP contribution in [0.3, 0.4) is 0 Å². The molecule has 0 radical (unpaired) electrons. The molecule has 130 valence electrons. The predicted molar refractivity (Wildman–Crippen MR) is 94.4 cm³/mol. The second-order valence-electron chi connectivity index (χ2n) is 6.28. The van der Waals surface area contributed by atoms with Crippen molar-refractivity contribution >= 4 is 28.5 Å². The lowest BCUT2D eigenvalue weighted by Crippen LogP contribution is -2.54. The maximum atomic E-state index is 13.1. The quantitative estimate of drug-likeness (QED) is 0.466. The molecule has 23 heavy (non-hydrogen) atoms. The minimum Gasteiger partial charge on any atom is -0.356 e. The van der Waals surface area contributed by atoms with E-state index in [-0.39, 0.29) is 23.9 Å². The third-order valence-corrected chi connectivity index (χ3v) is 4.83. The Morgan fingerprint density at radius 3 is 2.78 bits per heavy atom. The number of H-pyrrole nitrogens is 1. The zero-order chi connectivity index (χ0) is 17.1. The van der Waals surface area contributed by atoms with Crippen LogP contribution in [0.2, 0.25) is 0 Å². The fraction of sp³-hybridized carbons (Fsp3) is 0.733. The Labute approximate surface area is 150 Å². The second-order valence-corrected chi connectivity index (χ2v) is 7.44. The molecule has 4 atom stereocenters. The third kappa shape index (κ3) is 4.23. The van der Waals surface area contributed by atoms with Crippen molar-refractivity contribution in [3.8, 4) is 0 Å². The Hall–Kier alpha value is -0.710. The van der Waals surface area contributed by atoms with Gasteiger partial charge in [-0.25, -0.2) is 4.98 Å². The maximum Gasteiger partial charge on any atom is 0.240 e. The number of imidazole rings is 1. The van der Waals surface area contributed by atoms with E-state index >= 15 is 0 Å². The lowest BCUT2D eigenvalue weighted by molar-refractivity contribution is -0.146. The molecule has 1 unspecified atom stereocenters. The predicted octanol–water partition coefficient (Wildman–Crippen LogP) is 1.60. The van der Waals surface area contributed by atoms with Crippen LogP contribution in [0.5, 0.6) is 0 Å². The molecule has 0 aromatic carbocycles. The van der Waals surface area contributed by atoms with Crippen LogP contribution in [-0.2, 0) is 9.53 Å². The van der Waals surface area contributed by atoms with Gasteiger partial charge >= 0.3 is 0 Å². The van der Waals surface area contributed by atoms with Crippen LogP contribution in [0.1, 0.15) is 45.5 Å². The summed E-state index contributed by atoms with van der Waals surface area (Å²) in [6.07, 6.45) is 2.43. The number of amides is 1. The maximum absolute atomic E-state index is 13.1. The van der Waals surface area contributed by atoms with Gasteiger partial charge in [0.1, 0.15) is 5.82 Å². The third-order valence-electron chi connectivity index (χ3n) is 4.28. The van der Waals surface area contributed by atoms with E-state index in [2.05, 4.69) is 44.8 Å². The Morgan fingerprint density at radius 2 is 2.26 bits per heavy atom. The number of aliphatic hydroxyl groups excluding tert-OH is 1. The van der Waals surface area contributed by atoms with E-state index in [1.807, 2.05) is 18.7 Å². The first-order valence-electron chi connectivity index (χ1n) is 7.84. The van der Waals surface area contributed by atoms with Crippen LogP contribution in [0, 0.1) is 9.62 Å². The van der Waals surface area contributed by atoms with Crippen molar-refractivity contribution in [3.63, 3.8) is 0 Å². The number of methoxy groups -OCH3 is 1. The van der Waals surface area contributed by atoms with Crippen molar-refractivity contribution in [3.05, 3.63) is 15.7 Å².